The van der Waals surface area contributed by atoms with Crippen LogP contribution in [0.4, 0.5) is 4.79 Å². The summed E-state index contributed by atoms with van der Waals surface area (Å²) in [6.45, 7) is 1.74. The topological polar surface area (TPSA) is 75.3 Å². The minimum absolute atomic E-state index is 0.0764. The van der Waals surface area contributed by atoms with Crippen LogP contribution in [0.2, 0.25) is 0 Å². The molecule has 10 heavy (non-hydrogen) atoms. The van der Waals surface area contributed by atoms with E-state index >= 15 is 0 Å². The summed E-state index contributed by atoms with van der Waals surface area (Å²) in [4.78, 5) is 10.2. The minimum Gasteiger partial charge on any atom is -0.390 e. The first kappa shape index (κ1) is 7.34. The number of hydrogen-bond donors (Lipinski definition) is 3. The molecule has 4 nitrogen and oxygen atoms in total. The van der Waals surface area contributed by atoms with Gasteiger partial charge in [-0.2, -0.15) is 0 Å². The van der Waals surface area contributed by atoms with Crippen LogP contribution < -0.4 is 11.1 Å². The van der Waals surface area contributed by atoms with Gasteiger partial charge in [-0.1, -0.05) is 0 Å². The molecular formula is C6H12N2O2. The molecule has 4 N–H and O–H groups in total. The normalized spacial score (nSPS) is 38.4. The number of amides is 2. The first-order valence-electron chi connectivity index (χ1n) is 3.28. The third kappa shape index (κ3) is 1.60. The van der Waals surface area contributed by atoms with Crippen molar-refractivity contribution in [1.82, 2.24) is 5.32 Å². The van der Waals surface area contributed by atoms with Crippen molar-refractivity contribution in [2.45, 2.75) is 31.4 Å². The molecule has 0 aromatic carbocycles. The zero-order valence-corrected chi connectivity index (χ0v) is 5.92. The maximum absolute atomic E-state index is 10.2. The summed E-state index contributed by atoms with van der Waals surface area (Å²) in [5, 5.41) is 11.7. The van der Waals surface area contributed by atoms with Gasteiger partial charge in [0.1, 0.15) is 0 Å². The van der Waals surface area contributed by atoms with Crippen LogP contribution in [0.25, 0.3) is 0 Å². The SMILES string of the molecule is CC1(O)CC(NC(N)=O)C1. The van der Waals surface area contributed by atoms with E-state index in [2.05, 4.69) is 5.32 Å². The molecule has 58 valence electrons. The molecule has 1 saturated carbocycles. The van der Waals surface area contributed by atoms with Crippen LogP contribution in [-0.2, 0) is 0 Å². The fourth-order valence-electron chi connectivity index (χ4n) is 1.31. The number of carbonyl (C=O) groups excluding carboxylic acids is 1. The lowest BCUT2D eigenvalue weighted by Gasteiger charge is -2.40. The van der Waals surface area contributed by atoms with Gasteiger partial charge in [0, 0.05) is 6.04 Å². The van der Waals surface area contributed by atoms with Gasteiger partial charge in [0.2, 0.25) is 0 Å². The van der Waals surface area contributed by atoms with Gasteiger partial charge in [-0.15, -0.1) is 0 Å². The second-order valence-corrected chi connectivity index (χ2v) is 3.11. The summed E-state index contributed by atoms with van der Waals surface area (Å²) in [5.41, 5.74) is 4.27. The Morgan fingerprint density at radius 1 is 1.80 bits per heavy atom. The molecule has 0 spiro atoms. The third-order valence-electron chi connectivity index (χ3n) is 1.72. The van der Waals surface area contributed by atoms with Gasteiger partial charge in [-0.3, -0.25) is 0 Å². The Hall–Kier alpha value is -0.770. The zero-order valence-electron chi connectivity index (χ0n) is 5.92. The number of primary amides is 1. The Morgan fingerprint density at radius 2 is 2.30 bits per heavy atom. The summed E-state index contributed by atoms with van der Waals surface area (Å²) in [5.74, 6) is 0. The second kappa shape index (κ2) is 2.12. The van der Waals surface area contributed by atoms with Gasteiger partial charge >= 0.3 is 6.03 Å². The highest BCUT2D eigenvalue weighted by atomic mass is 16.3. The molecule has 2 amide bonds. The number of nitrogens with one attached hydrogen (secondary N) is 1. The maximum Gasteiger partial charge on any atom is 0.312 e. The second-order valence-electron chi connectivity index (χ2n) is 3.11. The molecule has 0 radical (unpaired) electrons. The van der Waals surface area contributed by atoms with Crippen molar-refractivity contribution >= 4 is 6.03 Å². The smallest absolute Gasteiger partial charge is 0.312 e. The van der Waals surface area contributed by atoms with Crippen LogP contribution in [0, 0.1) is 0 Å². The van der Waals surface area contributed by atoms with Gasteiger partial charge in [-0.05, 0) is 19.8 Å². The van der Waals surface area contributed by atoms with Crippen molar-refractivity contribution in [2.24, 2.45) is 5.73 Å². The summed E-state index contributed by atoms with van der Waals surface area (Å²) >= 11 is 0. The van der Waals surface area contributed by atoms with Crippen molar-refractivity contribution in [1.29, 1.82) is 0 Å². The molecule has 0 aromatic heterocycles. The fraction of sp³-hybridized carbons (Fsp3) is 0.833. The van der Waals surface area contributed by atoms with Crippen LogP contribution in [0.15, 0.2) is 0 Å². The highest BCUT2D eigenvalue weighted by molar-refractivity contribution is 5.72. The van der Waals surface area contributed by atoms with E-state index in [0.717, 1.165) is 0 Å². The average molecular weight is 144 g/mol. The standard InChI is InChI=1S/C6H12N2O2/c1-6(10)2-4(3-6)8-5(7)9/h4,10H,2-3H2,1H3,(H3,7,8,9). The Balaban J connectivity index is 2.21. The highest BCUT2D eigenvalue weighted by Gasteiger charge is 2.38. The van der Waals surface area contributed by atoms with Gasteiger partial charge in [0.15, 0.2) is 0 Å². The summed E-state index contributed by atoms with van der Waals surface area (Å²) < 4.78 is 0. The van der Waals surface area contributed by atoms with Crippen LogP contribution in [-0.4, -0.2) is 22.8 Å². The predicted molar refractivity (Wildman–Crippen MR) is 36.4 cm³/mol. The summed E-state index contributed by atoms with van der Waals surface area (Å²) in [6.07, 6.45) is 1.21. The van der Waals surface area contributed by atoms with Crippen molar-refractivity contribution in [2.75, 3.05) is 0 Å². The Bertz CT molecular complexity index is 148. The molecule has 1 rings (SSSR count). The number of rotatable bonds is 1. The Kier molecular flexibility index (Phi) is 1.56. The molecule has 0 bridgehead atoms. The number of carbonyl (C=O) groups is 1. The van der Waals surface area contributed by atoms with Crippen LogP contribution >= 0.6 is 0 Å². The molecule has 0 saturated heterocycles. The fourth-order valence-corrected chi connectivity index (χ4v) is 1.31. The number of aliphatic hydroxyl groups is 1. The monoisotopic (exact) mass is 144 g/mol. The maximum atomic E-state index is 10.2. The van der Waals surface area contributed by atoms with E-state index in [0.29, 0.717) is 12.8 Å². The lowest BCUT2D eigenvalue weighted by atomic mass is 9.77. The van der Waals surface area contributed by atoms with Crippen LogP contribution in [0.1, 0.15) is 19.8 Å². The van der Waals surface area contributed by atoms with Crippen molar-refractivity contribution < 1.29 is 9.90 Å². The lowest BCUT2D eigenvalue weighted by Crippen LogP contribution is -2.54. The minimum atomic E-state index is -0.590. The van der Waals surface area contributed by atoms with Gasteiger partial charge in [0.25, 0.3) is 0 Å². The number of urea groups is 1. The van der Waals surface area contributed by atoms with Crippen LogP contribution in [0.5, 0.6) is 0 Å². The molecular weight excluding hydrogens is 132 g/mol. The van der Waals surface area contributed by atoms with E-state index in [1.807, 2.05) is 0 Å². The van der Waals surface area contributed by atoms with Crippen LogP contribution in [0.3, 0.4) is 0 Å². The molecule has 0 unspecified atom stereocenters. The molecule has 0 aliphatic heterocycles. The average Bonchev–Trinajstić information content (AvgIpc) is 1.57. The van der Waals surface area contributed by atoms with Crippen molar-refractivity contribution in [3.8, 4) is 0 Å². The quantitative estimate of drug-likeness (QED) is 0.467. The van der Waals surface area contributed by atoms with Crippen molar-refractivity contribution in [3.63, 3.8) is 0 Å². The van der Waals surface area contributed by atoms with E-state index in [1.54, 1.807) is 6.92 Å². The molecule has 1 fully saturated rings. The lowest BCUT2D eigenvalue weighted by molar-refractivity contribution is -0.0352. The van der Waals surface area contributed by atoms with E-state index in [4.69, 9.17) is 5.73 Å². The van der Waals surface area contributed by atoms with E-state index in [1.165, 1.54) is 0 Å². The predicted octanol–water partition coefficient (Wildman–Crippen LogP) is -0.432. The summed E-state index contributed by atoms with van der Waals surface area (Å²) in [7, 11) is 0. The number of hydrogen-bond acceptors (Lipinski definition) is 2. The van der Waals surface area contributed by atoms with E-state index in [9.17, 15) is 9.90 Å². The van der Waals surface area contributed by atoms with Crippen molar-refractivity contribution in [3.05, 3.63) is 0 Å². The van der Waals surface area contributed by atoms with Gasteiger partial charge in [0.05, 0.1) is 5.60 Å². The molecule has 0 aromatic rings. The zero-order chi connectivity index (χ0) is 7.78. The van der Waals surface area contributed by atoms with E-state index < -0.39 is 11.6 Å². The van der Waals surface area contributed by atoms with E-state index in [-0.39, 0.29) is 6.04 Å². The molecule has 0 atom stereocenters. The van der Waals surface area contributed by atoms with Gasteiger partial charge < -0.3 is 16.2 Å². The molecule has 1 aliphatic carbocycles. The Morgan fingerprint density at radius 3 is 2.60 bits per heavy atom. The Labute approximate surface area is 59.4 Å². The third-order valence-corrected chi connectivity index (χ3v) is 1.72. The molecule has 1 aliphatic rings. The molecule has 4 heteroatoms. The largest absolute Gasteiger partial charge is 0.390 e. The highest BCUT2D eigenvalue weighted by Crippen LogP contribution is 2.30. The number of nitrogens with two attached hydrogens (primary N) is 1. The first-order chi connectivity index (χ1) is 4.49. The van der Waals surface area contributed by atoms with Gasteiger partial charge in [-0.25, -0.2) is 4.79 Å². The summed E-state index contributed by atoms with van der Waals surface area (Å²) in [6, 6.07) is -0.437. The molecule has 0 heterocycles. The first-order valence-corrected chi connectivity index (χ1v) is 3.28.